The van der Waals surface area contributed by atoms with Crippen molar-refractivity contribution in [2.45, 2.75) is 25.4 Å². The van der Waals surface area contributed by atoms with Gasteiger partial charge in [0, 0.05) is 17.2 Å². The Hall–Kier alpha value is -0.430. The molecule has 0 atom stereocenters. The Bertz CT molecular complexity index is 399. The second-order valence-corrected chi connectivity index (χ2v) is 5.93. The lowest BCUT2D eigenvalue weighted by Gasteiger charge is -2.13. The number of hydrogen-bond acceptors (Lipinski definition) is 3. The molecule has 0 spiro atoms. The Morgan fingerprint density at radius 1 is 1.32 bits per heavy atom. The van der Waals surface area contributed by atoms with E-state index >= 15 is 0 Å². The predicted molar refractivity (Wildman–Crippen MR) is 77.7 cm³/mol. The van der Waals surface area contributed by atoms with Crippen LogP contribution in [0.4, 0.5) is 19.0 Å². The number of anilines is 1. The lowest BCUT2D eigenvalue weighted by molar-refractivity contribution is -0.137. The number of nitrogens with zero attached hydrogens (tertiary/aromatic N) is 1. The fraction of sp³-hybridized carbons (Fsp3) is 0.583. The lowest BCUT2D eigenvalue weighted by Crippen LogP contribution is -2.13. The Morgan fingerprint density at radius 2 is 2.05 bits per heavy atom. The maximum absolute atomic E-state index is 12.8. The van der Waals surface area contributed by atoms with E-state index < -0.39 is 11.7 Å². The summed E-state index contributed by atoms with van der Waals surface area (Å²) in [6, 6.07) is 1.04. The van der Waals surface area contributed by atoms with Gasteiger partial charge in [-0.05, 0) is 46.8 Å². The van der Waals surface area contributed by atoms with E-state index in [1.54, 1.807) is 11.8 Å². The summed E-state index contributed by atoms with van der Waals surface area (Å²) in [6.45, 7) is 0.506. The van der Waals surface area contributed by atoms with Gasteiger partial charge in [0.05, 0.1) is 5.56 Å². The monoisotopic (exact) mass is 356 g/mol. The van der Waals surface area contributed by atoms with E-state index in [4.69, 9.17) is 0 Å². The van der Waals surface area contributed by atoms with Gasteiger partial charge < -0.3 is 5.32 Å². The predicted octanol–water partition coefficient (Wildman–Crippen LogP) is 4.81. The van der Waals surface area contributed by atoms with E-state index in [0.29, 0.717) is 11.0 Å². The summed E-state index contributed by atoms with van der Waals surface area (Å²) in [4.78, 5) is 3.80. The number of hydrogen-bond donors (Lipinski definition) is 1. The van der Waals surface area contributed by atoms with Crippen LogP contribution in [0, 0.1) is 0 Å². The fourth-order valence-electron chi connectivity index (χ4n) is 1.55. The van der Waals surface area contributed by atoms with Crippen LogP contribution in [0.25, 0.3) is 0 Å². The first-order chi connectivity index (χ1) is 8.95. The maximum Gasteiger partial charge on any atom is 0.419 e. The van der Waals surface area contributed by atoms with Gasteiger partial charge in [-0.2, -0.15) is 24.9 Å². The summed E-state index contributed by atoms with van der Waals surface area (Å²) in [5, 5.41) is 2.77. The lowest BCUT2D eigenvalue weighted by atomic mass is 10.2. The van der Waals surface area contributed by atoms with E-state index in [0.717, 1.165) is 31.1 Å². The Balaban J connectivity index is 2.54. The summed E-state index contributed by atoms with van der Waals surface area (Å²) >= 11 is 4.78. The molecule has 0 aromatic carbocycles. The SMILES string of the molecule is CSCCCCCNc1ncc(Br)cc1C(F)(F)F. The van der Waals surface area contributed by atoms with Crippen LogP contribution in [0.1, 0.15) is 24.8 Å². The van der Waals surface area contributed by atoms with Crippen LogP contribution in [0.5, 0.6) is 0 Å². The van der Waals surface area contributed by atoms with Crippen molar-refractivity contribution in [2.24, 2.45) is 0 Å². The van der Waals surface area contributed by atoms with Crippen LogP contribution < -0.4 is 5.32 Å². The van der Waals surface area contributed by atoms with Crippen LogP contribution in [-0.2, 0) is 6.18 Å². The number of rotatable bonds is 7. The van der Waals surface area contributed by atoms with E-state index in [1.165, 1.54) is 6.20 Å². The molecule has 1 rings (SSSR count). The van der Waals surface area contributed by atoms with Crippen LogP contribution in [0.15, 0.2) is 16.7 Å². The minimum absolute atomic E-state index is 0.0967. The molecule has 1 heterocycles. The molecule has 0 unspecified atom stereocenters. The molecule has 2 nitrogen and oxygen atoms in total. The van der Waals surface area contributed by atoms with Crippen LogP contribution in [-0.4, -0.2) is 23.5 Å². The van der Waals surface area contributed by atoms with E-state index in [1.807, 2.05) is 6.26 Å². The molecule has 0 fully saturated rings. The van der Waals surface area contributed by atoms with Gasteiger partial charge >= 0.3 is 6.18 Å². The molecule has 0 aliphatic carbocycles. The van der Waals surface area contributed by atoms with Crippen molar-refractivity contribution in [2.75, 3.05) is 23.9 Å². The van der Waals surface area contributed by atoms with Crippen LogP contribution in [0.2, 0.25) is 0 Å². The van der Waals surface area contributed by atoms with E-state index in [9.17, 15) is 13.2 Å². The average Bonchev–Trinajstić information content (AvgIpc) is 2.34. The van der Waals surface area contributed by atoms with Crippen molar-refractivity contribution in [3.05, 3.63) is 22.3 Å². The molecule has 0 aliphatic heterocycles. The van der Waals surface area contributed by atoms with Crippen molar-refractivity contribution in [1.82, 2.24) is 4.98 Å². The highest BCUT2D eigenvalue weighted by Gasteiger charge is 2.34. The molecule has 0 radical (unpaired) electrons. The first-order valence-electron chi connectivity index (χ1n) is 5.90. The van der Waals surface area contributed by atoms with Gasteiger partial charge in [0.15, 0.2) is 0 Å². The Labute approximate surface area is 123 Å². The zero-order chi connectivity index (χ0) is 14.3. The quantitative estimate of drug-likeness (QED) is 0.709. The number of nitrogens with one attached hydrogen (secondary N) is 1. The molecule has 7 heteroatoms. The standard InChI is InChI=1S/C12H16BrF3N2S/c1-19-6-4-2-3-5-17-11-10(12(14,15)16)7-9(13)8-18-11/h7-8H,2-6H2,1H3,(H,17,18). The molecule has 0 saturated heterocycles. The van der Waals surface area contributed by atoms with Gasteiger partial charge in [0.1, 0.15) is 5.82 Å². The highest BCUT2D eigenvalue weighted by molar-refractivity contribution is 9.10. The zero-order valence-electron chi connectivity index (χ0n) is 10.6. The Morgan fingerprint density at radius 3 is 2.68 bits per heavy atom. The normalized spacial score (nSPS) is 11.6. The summed E-state index contributed by atoms with van der Waals surface area (Å²) < 4.78 is 38.7. The first kappa shape index (κ1) is 16.6. The number of unbranched alkanes of at least 4 members (excludes halogenated alkanes) is 2. The summed E-state index contributed by atoms with van der Waals surface area (Å²) in [5.41, 5.74) is -0.731. The number of halogens is 4. The largest absolute Gasteiger partial charge is 0.419 e. The molecule has 1 N–H and O–H groups in total. The molecule has 0 bridgehead atoms. The highest BCUT2D eigenvalue weighted by Crippen LogP contribution is 2.35. The molecule has 1 aromatic heterocycles. The summed E-state index contributed by atoms with van der Waals surface area (Å²) in [5.74, 6) is 0.991. The minimum Gasteiger partial charge on any atom is -0.370 e. The van der Waals surface area contributed by atoms with Gasteiger partial charge in [-0.15, -0.1) is 0 Å². The minimum atomic E-state index is -4.39. The Kier molecular flexibility index (Phi) is 6.99. The smallest absolute Gasteiger partial charge is 0.370 e. The fourth-order valence-corrected chi connectivity index (χ4v) is 2.38. The summed E-state index contributed by atoms with van der Waals surface area (Å²) in [7, 11) is 0. The van der Waals surface area contributed by atoms with Crippen molar-refractivity contribution < 1.29 is 13.2 Å². The molecule has 0 aliphatic rings. The number of thioether (sulfide) groups is 1. The second-order valence-electron chi connectivity index (χ2n) is 4.03. The van der Waals surface area contributed by atoms with Crippen molar-refractivity contribution in [1.29, 1.82) is 0 Å². The van der Waals surface area contributed by atoms with Crippen molar-refractivity contribution >= 4 is 33.5 Å². The second kappa shape index (κ2) is 7.99. The van der Waals surface area contributed by atoms with Crippen molar-refractivity contribution in [3.8, 4) is 0 Å². The molecule has 1 aromatic rings. The number of pyridine rings is 1. The van der Waals surface area contributed by atoms with Gasteiger partial charge in [0.2, 0.25) is 0 Å². The molecular formula is C12H16BrF3N2S. The molecule has 0 saturated carbocycles. The first-order valence-corrected chi connectivity index (χ1v) is 8.09. The molecule has 19 heavy (non-hydrogen) atoms. The molecular weight excluding hydrogens is 341 g/mol. The number of aromatic nitrogens is 1. The highest BCUT2D eigenvalue weighted by atomic mass is 79.9. The maximum atomic E-state index is 12.8. The number of alkyl halides is 3. The molecule has 0 amide bonds. The van der Waals surface area contributed by atoms with Gasteiger partial charge in [-0.25, -0.2) is 4.98 Å². The third kappa shape index (κ3) is 6.03. The topological polar surface area (TPSA) is 24.9 Å². The third-order valence-electron chi connectivity index (χ3n) is 2.48. The third-order valence-corrected chi connectivity index (χ3v) is 3.61. The van der Waals surface area contributed by atoms with Crippen LogP contribution in [0.3, 0.4) is 0 Å². The zero-order valence-corrected chi connectivity index (χ0v) is 13.0. The summed E-state index contributed by atoms with van der Waals surface area (Å²) in [6.07, 6.45) is 1.95. The molecule has 108 valence electrons. The van der Waals surface area contributed by atoms with Gasteiger partial charge in [-0.1, -0.05) is 6.42 Å². The van der Waals surface area contributed by atoms with E-state index in [-0.39, 0.29) is 5.82 Å². The van der Waals surface area contributed by atoms with Crippen molar-refractivity contribution in [3.63, 3.8) is 0 Å². The van der Waals surface area contributed by atoms with Crippen LogP contribution >= 0.6 is 27.7 Å². The van der Waals surface area contributed by atoms with E-state index in [2.05, 4.69) is 26.2 Å². The van der Waals surface area contributed by atoms with Gasteiger partial charge in [-0.3, -0.25) is 0 Å². The average molecular weight is 357 g/mol. The van der Waals surface area contributed by atoms with Gasteiger partial charge in [0.25, 0.3) is 0 Å².